The van der Waals surface area contributed by atoms with Crippen LogP contribution in [0, 0.1) is 5.82 Å². The molecule has 152 valence electrons. The Balaban J connectivity index is 1.76. The fourth-order valence-electron chi connectivity index (χ4n) is 3.10. The van der Waals surface area contributed by atoms with E-state index in [-0.39, 0.29) is 16.5 Å². The molecule has 2 rings (SSSR count). The third-order valence-corrected chi connectivity index (χ3v) is 5.50. The van der Waals surface area contributed by atoms with Gasteiger partial charge in [0.2, 0.25) is 5.12 Å². The molecule has 1 heterocycles. The monoisotopic (exact) mass is 405 g/mol. The van der Waals surface area contributed by atoms with E-state index in [9.17, 15) is 14.0 Å². The minimum absolute atomic E-state index is 0.0381. The Morgan fingerprint density at radius 2 is 1.89 bits per heavy atom. The topological polar surface area (TPSA) is 48.3 Å². The summed E-state index contributed by atoms with van der Waals surface area (Å²) in [4.78, 5) is 23.3. The van der Waals surface area contributed by atoms with Gasteiger partial charge >= 0.3 is 0 Å². The van der Waals surface area contributed by atoms with Crippen LogP contribution in [0.2, 0.25) is 0 Å². The van der Waals surface area contributed by atoms with Crippen LogP contribution < -0.4 is 10.3 Å². The Bertz CT molecular complexity index is 863. The van der Waals surface area contributed by atoms with Crippen molar-refractivity contribution in [3.05, 3.63) is 53.1 Å². The van der Waals surface area contributed by atoms with E-state index >= 15 is 0 Å². The number of pyridine rings is 1. The van der Waals surface area contributed by atoms with E-state index in [1.165, 1.54) is 36.0 Å². The SMILES string of the molecule is C=CC(=O)SCCCCCCCCOc1cc(=O)n(CC)c2ccc(F)cc12. The largest absolute Gasteiger partial charge is 0.493 e. The van der Waals surface area contributed by atoms with Gasteiger partial charge in [-0.05, 0) is 44.0 Å². The molecule has 6 heteroatoms. The first-order valence-electron chi connectivity index (χ1n) is 9.82. The molecule has 0 atom stereocenters. The second-order valence-corrected chi connectivity index (χ2v) is 7.69. The van der Waals surface area contributed by atoms with Crippen molar-refractivity contribution in [2.75, 3.05) is 12.4 Å². The molecule has 28 heavy (non-hydrogen) atoms. The van der Waals surface area contributed by atoms with Crippen molar-refractivity contribution in [2.24, 2.45) is 0 Å². The van der Waals surface area contributed by atoms with Gasteiger partial charge in [-0.15, -0.1) is 0 Å². The lowest BCUT2D eigenvalue weighted by molar-refractivity contribution is -0.107. The first-order valence-corrected chi connectivity index (χ1v) is 10.8. The van der Waals surface area contributed by atoms with Crippen molar-refractivity contribution in [1.29, 1.82) is 0 Å². The zero-order valence-electron chi connectivity index (χ0n) is 16.4. The summed E-state index contributed by atoms with van der Waals surface area (Å²) in [6.45, 7) is 6.38. The Morgan fingerprint density at radius 1 is 1.18 bits per heavy atom. The number of ether oxygens (including phenoxy) is 1. The van der Waals surface area contributed by atoms with Crippen molar-refractivity contribution in [1.82, 2.24) is 4.57 Å². The number of hydrogen-bond donors (Lipinski definition) is 0. The molecule has 0 aliphatic rings. The molecule has 2 aromatic rings. The number of rotatable bonds is 12. The van der Waals surface area contributed by atoms with Crippen LogP contribution in [0.1, 0.15) is 45.4 Å². The summed E-state index contributed by atoms with van der Waals surface area (Å²) in [5.74, 6) is 0.959. The van der Waals surface area contributed by atoms with Crippen LogP contribution in [-0.2, 0) is 11.3 Å². The second-order valence-electron chi connectivity index (χ2n) is 6.59. The molecule has 0 aliphatic carbocycles. The summed E-state index contributed by atoms with van der Waals surface area (Å²) in [5, 5.41) is 0.671. The van der Waals surface area contributed by atoms with Crippen molar-refractivity contribution < 1.29 is 13.9 Å². The van der Waals surface area contributed by atoms with Gasteiger partial charge in [0.15, 0.2) is 0 Å². The lowest BCUT2D eigenvalue weighted by atomic mass is 10.1. The number of carbonyl (C=O) groups excluding carboxylic acids is 1. The third kappa shape index (κ3) is 6.51. The average Bonchev–Trinajstić information content (AvgIpc) is 2.69. The summed E-state index contributed by atoms with van der Waals surface area (Å²) >= 11 is 1.32. The number of carbonyl (C=O) groups is 1. The van der Waals surface area contributed by atoms with Gasteiger partial charge in [-0.2, -0.15) is 0 Å². The molecule has 0 saturated heterocycles. The molecular weight excluding hydrogens is 377 g/mol. The fourth-order valence-corrected chi connectivity index (χ4v) is 3.77. The molecule has 0 fully saturated rings. The Labute approximate surface area is 169 Å². The highest BCUT2D eigenvalue weighted by atomic mass is 32.2. The van der Waals surface area contributed by atoms with Crippen molar-refractivity contribution in [3.63, 3.8) is 0 Å². The fraction of sp³-hybridized carbons (Fsp3) is 0.455. The molecular formula is C22H28FNO3S. The standard InChI is InChI=1S/C22H28FNO3S/c1-3-22(26)28-14-10-8-6-5-7-9-13-27-20-16-21(25)24(4-2)19-12-11-17(23)15-18(19)20/h3,11-12,15-16H,1,4-10,13-14H2,2H3. The molecule has 0 unspecified atom stereocenters. The van der Waals surface area contributed by atoms with E-state index in [0.717, 1.165) is 44.3 Å². The number of hydrogen-bond acceptors (Lipinski definition) is 4. The number of benzene rings is 1. The normalized spacial score (nSPS) is 10.9. The van der Waals surface area contributed by atoms with Crippen LogP contribution in [0.25, 0.3) is 10.9 Å². The Morgan fingerprint density at radius 3 is 2.61 bits per heavy atom. The number of aromatic nitrogens is 1. The van der Waals surface area contributed by atoms with E-state index in [0.29, 0.717) is 29.8 Å². The molecule has 1 aromatic carbocycles. The van der Waals surface area contributed by atoms with E-state index in [4.69, 9.17) is 4.74 Å². The van der Waals surface area contributed by atoms with Gasteiger partial charge in [0, 0.05) is 23.8 Å². The zero-order chi connectivity index (χ0) is 20.4. The Kier molecular flexibility index (Phi) is 9.28. The quantitative estimate of drug-likeness (QED) is 0.354. The average molecular weight is 406 g/mol. The third-order valence-electron chi connectivity index (χ3n) is 4.56. The minimum Gasteiger partial charge on any atom is -0.493 e. The first-order chi connectivity index (χ1) is 13.6. The van der Waals surface area contributed by atoms with Crippen molar-refractivity contribution in [2.45, 2.75) is 52.0 Å². The van der Waals surface area contributed by atoms with Gasteiger partial charge in [0.05, 0.1) is 12.1 Å². The number of aryl methyl sites for hydroxylation is 1. The summed E-state index contributed by atoms with van der Waals surface area (Å²) in [6.07, 6.45) is 7.66. The van der Waals surface area contributed by atoms with Crippen LogP contribution in [0.4, 0.5) is 4.39 Å². The first kappa shape index (κ1) is 22.2. The van der Waals surface area contributed by atoms with Gasteiger partial charge < -0.3 is 9.30 Å². The van der Waals surface area contributed by atoms with Crippen LogP contribution in [0.5, 0.6) is 5.75 Å². The summed E-state index contributed by atoms with van der Waals surface area (Å²) in [6, 6.07) is 5.87. The maximum atomic E-state index is 13.7. The van der Waals surface area contributed by atoms with Crippen LogP contribution in [-0.4, -0.2) is 22.0 Å². The summed E-state index contributed by atoms with van der Waals surface area (Å²) in [7, 11) is 0. The lowest BCUT2D eigenvalue weighted by Crippen LogP contribution is -2.19. The van der Waals surface area contributed by atoms with Crippen LogP contribution in [0.3, 0.4) is 0 Å². The highest BCUT2D eigenvalue weighted by Crippen LogP contribution is 2.25. The maximum absolute atomic E-state index is 13.7. The number of halogens is 1. The molecule has 0 amide bonds. The van der Waals surface area contributed by atoms with Gasteiger partial charge in [-0.3, -0.25) is 9.59 Å². The summed E-state index contributed by atoms with van der Waals surface area (Å²) in [5.41, 5.74) is 0.559. The van der Waals surface area contributed by atoms with Crippen molar-refractivity contribution in [3.8, 4) is 5.75 Å². The van der Waals surface area contributed by atoms with Gasteiger partial charge in [-0.1, -0.05) is 44.0 Å². The predicted molar refractivity (Wildman–Crippen MR) is 115 cm³/mol. The maximum Gasteiger partial charge on any atom is 0.254 e. The highest BCUT2D eigenvalue weighted by molar-refractivity contribution is 8.14. The van der Waals surface area contributed by atoms with E-state index in [1.807, 2.05) is 6.92 Å². The molecule has 0 aliphatic heterocycles. The van der Waals surface area contributed by atoms with Gasteiger partial charge in [0.1, 0.15) is 11.6 Å². The molecule has 0 radical (unpaired) electrons. The van der Waals surface area contributed by atoms with E-state index in [2.05, 4.69) is 6.58 Å². The predicted octanol–water partition coefficient (Wildman–Crippen LogP) is 5.33. The molecule has 4 nitrogen and oxygen atoms in total. The van der Waals surface area contributed by atoms with Crippen LogP contribution in [0.15, 0.2) is 41.7 Å². The smallest absolute Gasteiger partial charge is 0.254 e. The minimum atomic E-state index is -0.341. The van der Waals surface area contributed by atoms with Crippen LogP contribution >= 0.6 is 11.8 Å². The molecule has 0 saturated carbocycles. The molecule has 0 bridgehead atoms. The van der Waals surface area contributed by atoms with E-state index in [1.54, 1.807) is 10.6 Å². The number of nitrogens with zero attached hydrogens (tertiary/aromatic N) is 1. The highest BCUT2D eigenvalue weighted by Gasteiger charge is 2.10. The lowest BCUT2D eigenvalue weighted by Gasteiger charge is -2.13. The molecule has 0 spiro atoms. The van der Waals surface area contributed by atoms with Gasteiger partial charge in [-0.25, -0.2) is 4.39 Å². The molecule has 1 aromatic heterocycles. The zero-order valence-corrected chi connectivity index (χ0v) is 17.2. The number of fused-ring (bicyclic) bond motifs is 1. The van der Waals surface area contributed by atoms with Gasteiger partial charge in [0.25, 0.3) is 5.56 Å². The number of thioether (sulfide) groups is 1. The molecule has 0 N–H and O–H groups in total. The van der Waals surface area contributed by atoms with Crippen molar-refractivity contribution >= 4 is 27.8 Å². The number of unbranched alkanes of at least 4 members (excludes halogenated alkanes) is 5. The summed E-state index contributed by atoms with van der Waals surface area (Å²) < 4.78 is 21.1. The Hall–Kier alpha value is -2.08. The van der Waals surface area contributed by atoms with E-state index < -0.39 is 0 Å². The second kappa shape index (κ2) is 11.7.